The van der Waals surface area contributed by atoms with E-state index >= 15 is 0 Å². The summed E-state index contributed by atoms with van der Waals surface area (Å²) in [5.74, 6) is 0.467. The van der Waals surface area contributed by atoms with Gasteiger partial charge in [-0.05, 0) is 26.2 Å². The van der Waals surface area contributed by atoms with E-state index in [1.54, 1.807) is 6.92 Å². The first-order chi connectivity index (χ1) is 9.06. The fourth-order valence-corrected chi connectivity index (χ4v) is 3.04. The third-order valence-electron chi connectivity index (χ3n) is 4.13. The molecule has 2 fully saturated rings. The van der Waals surface area contributed by atoms with Gasteiger partial charge in [0.15, 0.2) is 0 Å². The van der Waals surface area contributed by atoms with Crippen molar-refractivity contribution >= 4 is 11.8 Å². The van der Waals surface area contributed by atoms with E-state index in [1.807, 2.05) is 9.80 Å². The summed E-state index contributed by atoms with van der Waals surface area (Å²) >= 11 is 0. The van der Waals surface area contributed by atoms with Crippen molar-refractivity contribution in [2.45, 2.75) is 51.6 Å². The highest BCUT2D eigenvalue weighted by atomic mass is 16.2. The van der Waals surface area contributed by atoms with Crippen molar-refractivity contribution in [2.75, 3.05) is 26.2 Å². The molecule has 2 aliphatic rings. The number of piperidine rings is 1. The lowest BCUT2D eigenvalue weighted by Gasteiger charge is -2.34. The molecule has 0 spiro atoms. The van der Waals surface area contributed by atoms with Gasteiger partial charge in [0.1, 0.15) is 0 Å². The van der Waals surface area contributed by atoms with Crippen molar-refractivity contribution in [3.05, 3.63) is 0 Å². The molecule has 2 aliphatic heterocycles. The van der Waals surface area contributed by atoms with Crippen LogP contribution in [-0.2, 0) is 9.59 Å². The summed E-state index contributed by atoms with van der Waals surface area (Å²) in [6, 6.07) is 0.805. The zero-order valence-corrected chi connectivity index (χ0v) is 12.0. The monoisotopic (exact) mass is 267 g/mol. The first kappa shape index (κ1) is 14.3. The number of hydrogen-bond acceptors (Lipinski definition) is 3. The van der Waals surface area contributed by atoms with Crippen molar-refractivity contribution in [2.24, 2.45) is 0 Å². The van der Waals surface area contributed by atoms with Crippen LogP contribution in [-0.4, -0.2) is 59.9 Å². The summed E-state index contributed by atoms with van der Waals surface area (Å²) in [6.07, 6.45) is 3.74. The molecule has 0 saturated carbocycles. The van der Waals surface area contributed by atoms with Crippen molar-refractivity contribution in [1.29, 1.82) is 0 Å². The minimum atomic E-state index is 0.175. The Morgan fingerprint density at radius 1 is 1.37 bits per heavy atom. The second-order valence-electron chi connectivity index (χ2n) is 5.79. The van der Waals surface area contributed by atoms with Crippen molar-refractivity contribution in [3.8, 4) is 0 Å². The zero-order valence-electron chi connectivity index (χ0n) is 12.0. The molecular weight excluding hydrogens is 242 g/mol. The third kappa shape index (κ3) is 3.93. The lowest BCUT2D eigenvalue weighted by atomic mass is 10.0. The Bertz CT molecular complexity index is 338. The molecular formula is C14H25N3O2. The molecule has 2 amide bonds. The number of hydrogen-bond donors (Lipinski definition) is 1. The second kappa shape index (κ2) is 6.37. The van der Waals surface area contributed by atoms with Gasteiger partial charge in [-0.25, -0.2) is 0 Å². The fraction of sp³-hybridized carbons (Fsp3) is 0.857. The van der Waals surface area contributed by atoms with Gasteiger partial charge in [0.25, 0.3) is 0 Å². The Hall–Kier alpha value is -1.10. The number of likely N-dealkylation sites (tertiary alicyclic amines) is 2. The van der Waals surface area contributed by atoms with Crippen LogP contribution in [0, 0.1) is 0 Å². The summed E-state index contributed by atoms with van der Waals surface area (Å²) < 4.78 is 0. The minimum Gasteiger partial charge on any atom is -0.343 e. The van der Waals surface area contributed by atoms with E-state index in [-0.39, 0.29) is 5.91 Å². The van der Waals surface area contributed by atoms with E-state index in [9.17, 15) is 9.59 Å². The molecule has 5 heteroatoms. The van der Waals surface area contributed by atoms with Crippen LogP contribution in [0.15, 0.2) is 0 Å². The molecule has 0 aliphatic carbocycles. The molecule has 2 heterocycles. The van der Waals surface area contributed by atoms with Gasteiger partial charge < -0.3 is 15.1 Å². The Morgan fingerprint density at radius 2 is 2.05 bits per heavy atom. The lowest BCUT2D eigenvalue weighted by molar-refractivity contribution is -0.130. The van der Waals surface area contributed by atoms with Crippen LogP contribution in [0.3, 0.4) is 0 Å². The Labute approximate surface area is 115 Å². The van der Waals surface area contributed by atoms with Crippen LogP contribution in [0.2, 0.25) is 0 Å². The Kier molecular flexibility index (Phi) is 4.80. The Morgan fingerprint density at radius 3 is 2.58 bits per heavy atom. The van der Waals surface area contributed by atoms with Crippen LogP contribution >= 0.6 is 0 Å². The van der Waals surface area contributed by atoms with Crippen LogP contribution in [0.1, 0.15) is 39.5 Å². The molecule has 19 heavy (non-hydrogen) atoms. The van der Waals surface area contributed by atoms with Crippen LogP contribution in [0.25, 0.3) is 0 Å². The second-order valence-corrected chi connectivity index (χ2v) is 5.79. The minimum absolute atomic E-state index is 0.175. The molecule has 1 N–H and O–H groups in total. The van der Waals surface area contributed by atoms with Crippen LogP contribution in [0.4, 0.5) is 0 Å². The smallest absolute Gasteiger partial charge is 0.222 e. The van der Waals surface area contributed by atoms with Gasteiger partial charge in [0, 0.05) is 51.6 Å². The lowest BCUT2D eigenvalue weighted by Crippen LogP contribution is -2.49. The van der Waals surface area contributed by atoms with Crippen molar-refractivity contribution < 1.29 is 9.59 Å². The van der Waals surface area contributed by atoms with Gasteiger partial charge in [0.05, 0.1) is 0 Å². The largest absolute Gasteiger partial charge is 0.343 e. The number of rotatable bonds is 4. The predicted octanol–water partition coefficient (Wildman–Crippen LogP) is 0.598. The average molecular weight is 267 g/mol. The maximum Gasteiger partial charge on any atom is 0.222 e. The third-order valence-corrected chi connectivity index (χ3v) is 4.13. The topological polar surface area (TPSA) is 52.7 Å². The normalized spacial score (nSPS) is 22.9. The SMILES string of the molecule is CC(=O)N1CCC(NC(C)CN2CCCC2=O)CC1. The molecule has 1 unspecified atom stereocenters. The summed E-state index contributed by atoms with van der Waals surface area (Å²) in [6.45, 7) is 7.20. The van der Waals surface area contributed by atoms with Gasteiger partial charge in [-0.3, -0.25) is 9.59 Å². The molecule has 5 nitrogen and oxygen atoms in total. The molecule has 0 aromatic carbocycles. The summed E-state index contributed by atoms with van der Waals surface area (Å²) in [4.78, 5) is 26.7. The highest BCUT2D eigenvalue weighted by molar-refractivity contribution is 5.78. The van der Waals surface area contributed by atoms with Gasteiger partial charge in [-0.1, -0.05) is 0 Å². The highest BCUT2D eigenvalue weighted by Crippen LogP contribution is 2.13. The molecule has 0 radical (unpaired) electrons. The standard InChI is InChI=1S/C14H25N3O2/c1-11(10-17-7-3-4-14(17)19)15-13-5-8-16(9-6-13)12(2)18/h11,13,15H,3-10H2,1-2H3. The Balaban J connectivity index is 1.70. The number of carbonyl (C=O) groups excluding carboxylic acids is 2. The molecule has 1 atom stereocenters. The van der Waals surface area contributed by atoms with E-state index in [4.69, 9.17) is 0 Å². The van der Waals surface area contributed by atoms with Crippen molar-refractivity contribution in [1.82, 2.24) is 15.1 Å². The van der Waals surface area contributed by atoms with Gasteiger partial charge in [-0.15, -0.1) is 0 Å². The van der Waals surface area contributed by atoms with Gasteiger partial charge >= 0.3 is 0 Å². The summed E-state index contributed by atoms with van der Waals surface area (Å²) in [7, 11) is 0. The number of carbonyl (C=O) groups is 2. The fourth-order valence-electron chi connectivity index (χ4n) is 3.04. The zero-order chi connectivity index (χ0) is 13.8. The first-order valence-electron chi connectivity index (χ1n) is 7.35. The maximum absolute atomic E-state index is 11.6. The maximum atomic E-state index is 11.6. The number of nitrogens with zero attached hydrogens (tertiary/aromatic N) is 2. The predicted molar refractivity (Wildman–Crippen MR) is 73.7 cm³/mol. The van der Waals surface area contributed by atoms with Crippen LogP contribution in [0.5, 0.6) is 0 Å². The quantitative estimate of drug-likeness (QED) is 0.811. The van der Waals surface area contributed by atoms with Gasteiger partial charge in [0.2, 0.25) is 11.8 Å². The molecule has 2 rings (SSSR count). The molecule has 0 aromatic rings. The molecule has 0 aromatic heterocycles. The number of nitrogens with one attached hydrogen (secondary N) is 1. The number of amides is 2. The van der Waals surface area contributed by atoms with Crippen LogP contribution < -0.4 is 5.32 Å². The van der Waals surface area contributed by atoms with E-state index in [1.165, 1.54) is 0 Å². The highest BCUT2D eigenvalue weighted by Gasteiger charge is 2.25. The van der Waals surface area contributed by atoms with E-state index in [0.29, 0.717) is 24.4 Å². The molecule has 108 valence electrons. The van der Waals surface area contributed by atoms with Gasteiger partial charge in [-0.2, -0.15) is 0 Å². The first-order valence-corrected chi connectivity index (χ1v) is 7.35. The molecule has 0 bridgehead atoms. The molecule has 2 saturated heterocycles. The van der Waals surface area contributed by atoms with E-state index in [2.05, 4.69) is 12.2 Å². The van der Waals surface area contributed by atoms with E-state index < -0.39 is 0 Å². The average Bonchev–Trinajstić information content (AvgIpc) is 2.75. The van der Waals surface area contributed by atoms with E-state index in [0.717, 1.165) is 45.4 Å². The van der Waals surface area contributed by atoms with Crippen molar-refractivity contribution in [3.63, 3.8) is 0 Å². The summed E-state index contributed by atoms with van der Waals surface area (Å²) in [5.41, 5.74) is 0. The summed E-state index contributed by atoms with van der Waals surface area (Å²) in [5, 5.41) is 3.59.